The number of nitrogens with one attached hydrogen (secondary N) is 1. The van der Waals surface area contributed by atoms with Crippen LogP contribution in [0.15, 0.2) is 12.4 Å². The van der Waals surface area contributed by atoms with Crippen LogP contribution >= 0.6 is 0 Å². The monoisotopic (exact) mass is 302 g/mol. The number of anilines is 1. The lowest BCUT2D eigenvalue weighted by Gasteiger charge is -2.30. The first-order chi connectivity index (χ1) is 10.8. The summed E-state index contributed by atoms with van der Waals surface area (Å²) >= 11 is 0. The highest BCUT2D eigenvalue weighted by atomic mass is 16.6. The molecule has 2 saturated heterocycles. The highest BCUT2D eigenvalue weighted by molar-refractivity contribution is 5.89. The third-order valence-electron chi connectivity index (χ3n) is 5.09. The lowest BCUT2D eigenvalue weighted by atomic mass is 9.85. The Balaban J connectivity index is 1.50. The molecule has 0 radical (unpaired) electrons. The SMILES string of the molecule is O=C1OC2(CCCCC2)CN1c1cnc([C@@H]2CCCN2)cn1. The molecule has 6 nitrogen and oxygen atoms in total. The maximum absolute atomic E-state index is 12.2. The van der Waals surface area contributed by atoms with E-state index in [9.17, 15) is 4.79 Å². The van der Waals surface area contributed by atoms with E-state index in [1.165, 1.54) is 12.8 Å². The summed E-state index contributed by atoms with van der Waals surface area (Å²) in [6.45, 7) is 1.65. The minimum Gasteiger partial charge on any atom is -0.441 e. The molecule has 22 heavy (non-hydrogen) atoms. The van der Waals surface area contributed by atoms with E-state index in [4.69, 9.17) is 4.74 Å². The van der Waals surface area contributed by atoms with Crippen LogP contribution in [0, 0.1) is 0 Å². The molecular formula is C16H22N4O2. The number of ether oxygens (including phenoxy) is 1. The Hall–Kier alpha value is -1.69. The number of amides is 1. The van der Waals surface area contributed by atoms with E-state index < -0.39 is 0 Å². The van der Waals surface area contributed by atoms with Crippen molar-refractivity contribution in [1.82, 2.24) is 15.3 Å². The second-order valence-corrected chi connectivity index (χ2v) is 6.65. The number of carbonyl (C=O) groups excluding carboxylic acids is 1. The Kier molecular flexibility index (Phi) is 3.48. The Morgan fingerprint density at radius 3 is 2.73 bits per heavy atom. The maximum Gasteiger partial charge on any atom is 0.416 e. The molecular weight excluding hydrogens is 280 g/mol. The number of hydrogen-bond acceptors (Lipinski definition) is 5. The first kappa shape index (κ1) is 13.9. The Bertz CT molecular complexity index is 548. The fraction of sp³-hybridized carbons (Fsp3) is 0.688. The van der Waals surface area contributed by atoms with Gasteiger partial charge in [-0.15, -0.1) is 0 Å². The molecule has 0 bridgehead atoms. The van der Waals surface area contributed by atoms with Crippen molar-refractivity contribution in [1.29, 1.82) is 0 Å². The van der Waals surface area contributed by atoms with Gasteiger partial charge in [-0.25, -0.2) is 9.78 Å². The quantitative estimate of drug-likeness (QED) is 0.909. The molecule has 6 heteroatoms. The molecule has 1 amide bonds. The van der Waals surface area contributed by atoms with Crippen LogP contribution in [0.5, 0.6) is 0 Å². The number of hydrogen-bond donors (Lipinski definition) is 1. The number of aromatic nitrogens is 2. The van der Waals surface area contributed by atoms with Gasteiger partial charge in [0.2, 0.25) is 0 Å². The van der Waals surface area contributed by atoms with Gasteiger partial charge in [-0.2, -0.15) is 0 Å². The van der Waals surface area contributed by atoms with Gasteiger partial charge < -0.3 is 10.1 Å². The zero-order valence-electron chi connectivity index (χ0n) is 12.8. The predicted octanol–water partition coefficient (Wildman–Crippen LogP) is 2.56. The van der Waals surface area contributed by atoms with E-state index in [1.807, 2.05) is 0 Å². The fourth-order valence-corrected chi connectivity index (χ4v) is 3.84. The van der Waals surface area contributed by atoms with Crippen LogP contribution in [0.1, 0.15) is 56.7 Å². The second-order valence-electron chi connectivity index (χ2n) is 6.65. The van der Waals surface area contributed by atoms with Gasteiger partial charge in [0.1, 0.15) is 5.60 Å². The van der Waals surface area contributed by atoms with Crippen LogP contribution in [-0.2, 0) is 4.74 Å². The van der Waals surface area contributed by atoms with E-state index in [0.717, 1.165) is 44.3 Å². The lowest BCUT2D eigenvalue weighted by molar-refractivity contribution is 0.0260. The van der Waals surface area contributed by atoms with Crippen molar-refractivity contribution >= 4 is 11.9 Å². The van der Waals surface area contributed by atoms with Crippen molar-refractivity contribution in [3.05, 3.63) is 18.1 Å². The molecule has 1 saturated carbocycles. The average Bonchev–Trinajstić information content (AvgIpc) is 3.17. The average molecular weight is 302 g/mol. The first-order valence-corrected chi connectivity index (χ1v) is 8.32. The topological polar surface area (TPSA) is 67.3 Å². The fourth-order valence-electron chi connectivity index (χ4n) is 3.84. The molecule has 2 aliphatic heterocycles. The van der Waals surface area contributed by atoms with E-state index >= 15 is 0 Å². The van der Waals surface area contributed by atoms with E-state index in [1.54, 1.807) is 17.3 Å². The second kappa shape index (κ2) is 5.50. The van der Waals surface area contributed by atoms with Crippen LogP contribution in [0.2, 0.25) is 0 Å². The smallest absolute Gasteiger partial charge is 0.416 e. The van der Waals surface area contributed by atoms with Crippen molar-refractivity contribution in [2.24, 2.45) is 0 Å². The van der Waals surface area contributed by atoms with E-state index in [0.29, 0.717) is 18.4 Å². The molecule has 3 aliphatic rings. The first-order valence-electron chi connectivity index (χ1n) is 8.32. The summed E-state index contributed by atoms with van der Waals surface area (Å²) in [4.78, 5) is 22.8. The summed E-state index contributed by atoms with van der Waals surface area (Å²) in [7, 11) is 0. The minimum absolute atomic E-state index is 0.275. The van der Waals surface area contributed by atoms with Crippen LogP contribution in [0.3, 0.4) is 0 Å². The van der Waals surface area contributed by atoms with Gasteiger partial charge in [-0.1, -0.05) is 6.42 Å². The Morgan fingerprint density at radius 1 is 1.18 bits per heavy atom. The van der Waals surface area contributed by atoms with Crippen molar-refractivity contribution in [3.63, 3.8) is 0 Å². The molecule has 1 aliphatic carbocycles. The van der Waals surface area contributed by atoms with Gasteiger partial charge in [0.25, 0.3) is 0 Å². The van der Waals surface area contributed by atoms with Crippen molar-refractivity contribution < 1.29 is 9.53 Å². The van der Waals surface area contributed by atoms with Gasteiger partial charge in [-0.05, 0) is 45.1 Å². The Morgan fingerprint density at radius 2 is 2.05 bits per heavy atom. The molecule has 1 spiro atoms. The van der Waals surface area contributed by atoms with Gasteiger partial charge in [0.15, 0.2) is 5.82 Å². The van der Waals surface area contributed by atoms with E-state index in [-0.39, 0.29) is 11.7 Å². The van der Waals surface area contributed by atoms with Crippen molar-refractivity contribution in [3.8, 4) is 0 Å². The molecule has 1 atom stereocenters. The molecule has 1 aromatic heterocycles. The zero-order valence-corrected chi connectivity index (χ0v) is 12.8. The largest absolute Gasteiger partial charge is 0.441 e. The zero-order chi connectivity index (χ0) is 15.0. The van der Waals surface area contributed by atoms with Gasteiger partial charge in [-0.3, -0.25) is 9.88 Å². The summed E-state index contributed by atoms with van der Waals surface area (Å²) in [5.74, 6) is 0.606. The Labute approximate surface area is 130 Å². The lowest BCUT2D eigenvalue weighted by Crippen LogP contribution is -2.36. The third-order valence-corrected chi connectivity index (χ3v) is 5.09. The van der Waals surface area contributed by atoms with Crippen molar-refractivity contribution in [2.45, 2.75) is 56.6 Å². The van der Waals surface area contributed by atoms with Gasteiger partial charge >= 0.3 is 6.09 Å². The molecule has 0 unspecified atom stereocenters. The molecule has 4 rings (SSSR count). The third kappa shape index (κ3) is 2.45. The maximum atomic E-state index is 12.2. The summed E-state index contributed by atoms with van der Waals surface area (Å²) in [6.07, 6.45) is 10.9. The standard InChI is InChI=1S/C16H22N4O2/c21-15-20(11-16(22-15)6-2-1-3-7-16)14-10-18-13(9-19-14)12-5-4-8-17-12/h9-10,12,17H,1-8,11H2/t12-/m0/s1. The van der Waals surface area contributed by atoms with Crippen LogP contribution in [-0.4, -0.2) is 34.8 Å². The molecule has 3 fully saturated rings. The van der Waals surface area contributed by atoms with Crippen LogP contribution in [0.25, 0.3) is 0 Å². The summed E-state index contributed by atoms with van der Waals surface area (Å²) in [6, 6.07) is 0.303. The normalized spacial score (nSPS) is 27.4. The highest BCUT2D eigenvalue weighted by Gasteiger charge is 2.46. The number of rotatable bonds is 2. The number of nitrogens with zero attached hydrogens (tertiary/aromatic N) is 3. The molecule has 1 aromatic rings. The van der Waals surface area contributed by atoms with Crippen LogP contribution in [0.4, 0.5) is 10.6 Å². The minimum atomic E-state index is -0.289. The summed E-state index contributed by atoms with van der Waals surface area (Å²) in [5, 5.41) is 3.41. The highest BCUT2D eigenvalue weighted by Crippen LogP contribution is 2.38. The van der Waals surface area contributed by atoms with Crippen LogP contribution < -0.4 is 10.2 Å². The molecule has 1 N–H and O–H groups in total. The summed E-state index contributed by atoms with van der Waals surface area (Å²) < 4.78 is 5.69. The number of carbonyl (C=O) groups is 1. The molecule has 0 aromatic carbocycles. The van der Waals surface area contributed by atoms with Gasteiger partial charge in [0, 0.05) is 0 Å². The van der Waals surface area contributed by atoms with E-state index in [2.05, 4.69) is 15.3 Å². The molecule has 3 heterocycles. The molecule has 118 valence electrons. The van der Waals surface area contributed by atoms with Crippen molar-refractivity contribution in [2.75, 3.05) is 18.0 Å². The van der Waals surface area contributed by atoms with Gasteiger partial charge in [0.05, 0.1) is 30.7 Å². The predicted molar refractivity (Wildman–Crippen MR) is 81.7 cm³/mol. The summed E-state index contributed by atoms with van der Waals surface area (Å²) in [5.41, 5.74) is 0.670.